The minimum atomic E-state index is -0.364. The van der Waals surface area contributed by atoms with Crippen LogP contribution < -0.4 is 15.2 Å². The lowest BCUT2D eigenvalue weighted by molar-refractivity contribution is 0.390. The van der Waals surface area contributed by atoms with Crippen LogP contribution in [-0.2, 0) is 0 Å². The fourth-order valence-electron chi connectivity index (χ4n) is 2.10. The number of benzene rings is 2. The third kappa shape index (κ3) is 3.54. The van der Waals surface area contributed by atoms with Crippen LogP contribution >= 0.6 is 43.5 Å². The predicted octanol–water partition coefficient (Wildman–Crippen LogP) is 4.93. The lowest BCUT2D eigenvalue weighted by atomic mass is 9.98. The van der Waals surface area contributed by atoms with Crippen LogP contribution in [-0.4, -0.2) is 14.2 Å². The van der Waals surface area contributed by atoms with Crippen LogP contribution in [0.2, 0.25) is 5.02 Å². The lowest BCUT2D eigenvalue weighted by Crippen LogP contribution is -2.13. The third-order valence-electron chi connectivity index (χ3n) is 3.10. The molecule has 0 heterocycles. The summed E-state index contributed by atoms with van der Waals surface area (Å²) < 4.78 is 12.5. The zero-order valence-electron chi connectivity index (χ0n) is 11.5. The molecule has 2 aromatic carbocycles. The molecular formula is C15H14Br2ClNO2. The van der Waals surface area contributed by atoms with Crippen molar-refractivity contribution in [3.63, 3.8) is 0 Å². The number of hydrogen-bond acceptors (Lipinski definition) is 3. The number of halogens is 3. The molecule has 0 saturated carbocycles. The molecule has 0 amide bonds. The van der Waals surface area contributed by atoms with Crippen molar-refractivity contribution in [2.45, 2.75) is 6.04 Å². The Balaban J connectivity index is 2.52. The van der Waals surface area contributed by atoms with E-state index in [1.165, 1.54) is 0 Å². The van der Waals surface area contributed by atoms with Gasteiger partial charge in [0.1, 0.15) is 16.5 Å². The number of hydrogen-bond donors (Lipinski definition) is 1. The highest BCUT2D eigenvalue weighted by molar-refractivity contribution is 9.11. The summed E-state index contributed by atoms with van der Waals surface area (Å²) in [5.74, 6) is 1.08. The van der Waals surface area contributed by atoms with Gasteiger partial charge >= 0.3 is 0 Å². The van der Waals surface area contributed by atoms with Crippen LogP contribution in [0.3, 0.4) is 0 Å². The molecule has 1 unspecified atom stereocenters. The predicted molar refractivity (Wildman–Crippen MR) is 92.4 cm³/mol. The van der Waals surface area contributed by atoms with Crippen LogP contribution in [0.1, 0.15) is 17.2 Å². The Hall–Kier alpha value is -0.750. The second kappa shape index (κ2) is 7.01. The number of ether oxygens (including phenoxy) is 2. The Morgan fingerprint density at radius 2 is 1.67 bits per heavy atom. The molecule has 0 spiro atoms. The first-order valence-electron chi connectivity index (χ1n) is 6.10. The van der Waals surface area contributed by atoms with Gasteiger partial charge in [0, 0.05) is 14.5 Å². The Bertz CT molecular complexity index is 644. The van der Waals surface area contributed by atoms with Gasteiger partial charge in [-0.1, -0.05) is 43.5 Å². The van der Waals surface area contributed by atoms with Gasteiger partial charge in [-0.25, -0.2) is 0 Å². The topological polar surface area (TPSA) is 44.5 Å². The number of rotatable bonds is 4. The van der Waals surface area contributed by atoms with Gasteiger partial charge in [0.25, 0.3) is 0 Å². The number of methoxy groups -OCH3 is 2. The molecule has 0 aliphatic heterocycles. The Kier molecular flexibility index (Phi) is 5.54. The first-order valence-corrected chi connectivity index (χ1v) is 8.06. The molecule has 0 aliphatic carbocycles. The fourth-order valence-corrected chi connectivity index (χ4v) is 3.75. The van der Waals surface area contributed by atoms with E-state index >= 15 is 0 Å². The standard InChI is InChI=1S/C15H14Br2ClNO2/c1-20-12-4-3-11(15(21-2)13(12)18)14(19)8-5-9(16)7-10(17)6-8/h3-7,14H,19H2,1-2H3. The van der Waals surface area contributed by atoms with Crippen molar-refractivity contribution in [1.29, 1.82) is 0 Å². The van der Waals surface area contributed by atoms with Crippen LogP contribution in [0.25, 0.3) is 0 Å². The van der Waals surface area contributed by atoms with Gasteiger partial charge in [-0.3, -0.25) is 0 Å². The summed E-state index contributed by atoms with van der Waals surface area (Å²) in [6.45, 7) is 0. The molecular weight excluding hydrogens is 421 g/mol. The van der Waals surface area contributed by atoms with Crippen LogP contribution in [0.15, 0.2) is 39.3 Å². The monoisotopic (exact) mass is 433 g/mol. The Morgan fingerprint density at radius 1 is 1.05 bits per heavy atom. The maximum atomic E-state index is 6.37. The first-order chi connectivity index (χ1) is 9.97. The average molecular weight is 436 g/mol. The summed E-state index contributed by atoms with van der Waals surface area (Å²) in [7, 11) is 3.12. The summed E-state index contributed by atoms with van der Waals surface area (Å²) in [5, 5.41) is 0.419. The fraction of sp³-hybridized carbons (Fsp3) is 0.200. The largest absolute Gasteiger partial charge is 0.495 e. The molecule has 21 heavy (non-hydrogen) atoms. The average Bonchev–Trinajstić information content (AvgIpc) is 2.45. The molecule has 6 heteroatoms. The van der Waals surface area contributed by atoms with E-state index in [2.05, 4.69) is 31.9 Å². The third-order valence-corrected chi connectivity index (χ3v) is 4.37. The summed E-state index contributed by atoms with van der Waals surface area (Å²) in [6, 6.07) is 9.17. The lowest BCUT2D eigenvalue weighted by Gasteiger charge is -2.19. The van der Waals surface area contributed by atoms with E-state index in [0.29, 0.717) is 16.5 Å². The zero-order valence-corrected chi connectivity index (χ0v) is 15.4. The second-order valence-electron chi connectivity index (χ2n) is 4.38. The van der Waals surface area contributed by atoms with Gasteiger partial charge in [0.15, 0.2) is 0 Å². The highest BCUT2D eigenvalue weighted by Crippen LogP contribution is 2.40. The Morgan fingerprint density at radius 3 is 2.19 bits per heavy atom. The minimum Gasteiger partial charge on any atom is -0.495 e. The quantitative estimate of drug-likeness (QED) is 0.741. The SMILES string of the molecule is COc1ccc(C(N)c2cc(Br)cc(Br)c2)c(OC)c1Cl. The maximum absolute atomic E-state index is 6.37. The van der Waals surface area contributed by atoms with E-state index in [1.54, 1.807) is 20.3 Å². The smallest absolute Gasteiger partial charge is 0.146 e. The van der Waals surface area contributed by atoms with Crippen molar-refractivity contribution >= 4 is 43.5 Å². The number of nitrogens with two attached hydrogens (primary N) is 1. The summed E-state index contributed by atoms with van der Waals surface area (Å²) >= 11 is 13.2. The molecule has 0 aliphatic rings. The normalized spacial score (nSPS) is 12.1. The molecule has 0 aromatic heterocycles. The van der Waals surface area contributed by atoms with Crippen LogP contribution in [0.4, 0.5) is 0 Å². The highest BCUT2D eigenvalue weighted by Gasteiger charge is 2.19. The van der Waals surface area contributed by atoms with Gasteiger partial charge in [0.05, 0.1) is 20.3 Å². The van der Waals surface area contributed by atoms with E-state index < -0.39 is 0 Å². The zero-order chi connectivity index (χ0) is 15.6. The molecule has 0 bridgehead atoms. The van der Waals surface area contributed by atoms with Crippen LogP contribution in [0.5, 0.6) is 11.5 Å². The first kappa shape index (κ1) is 16.6. The molecule has 112 valence electrons. The van der Waals surface area contributed by atoms with Gasteiger partial charge in [-0.2, -0.15) is 0 Å². The molecule has 2 aromatic rings. The van der Waals surface area contributed by atoms with Crippen LogP contribution in [0, 0.1) is 0 Å². The van der Waals surface area contributed by atoms with E-state index in [-0.39, 0.29) is 6.04 Å². The van der Waals surface area contributed by atoms with Crippen molar-refractivity contribution in [3.8, 4) is 11.5 Å². The van der Waals surface area contributed by atoms with Crippen molar-refractivity contribution in [2.75, 3.05) is 14.2 Å². The molecule has 2 N–H and O–H groups in total. The molecule has 0 saturated heterocycles. The van der Waals surface area contributed by atoms with Gasteiger partial charge in [0.2, 0.25) is 0 Å². The van der Waals surface area contributed by atoms with Crippen molar-refractivity contribution < 1.29 is 9.47 Å². The highest BCUT2D eigenvalue weighted by atomic mass is 79.9. The summed E-state index contributed by atoms with van der Waals surface area (Å²) in [5.41, 5.74) is 8.11. The van der Waals surface area contributed by atoms with E-state index in [0.717, 1.165) is 20.1 Å². The molecule has 2 rings (SSSR count). The van der Waals surface area contributed by atoms with Crippen molar-refractivity contribution in [2.24, 2.45) is 5.73 Å². The molecule has 1 atom stereocenters. The summed E-state index contributed by atoms with van der Waals surface area (Å²) in [6.07, 6.45) is 0. The van der Waals surface area contributed by atoms with E-state index in [9.17, 15) is 0 Å². The van der Waals surface area contributed by atoms with E-state index in [4.69, 9.17) is 26.8 Å². The van der Waals surface area contributed by atoms with Gasteiger partial charge in [-0.05, 0) is 35.9 Å². The maximum Gasteiger partial charge on any atom is 0.146 e. The molecule has 3 nitrogen and oxygen atoms in total. The van der Waals surface area contributed by atoms with Gasteiger partial charge in [-0.15, -0.1) is 0 Å². The van der Waals surface area contributed by atoms with Crippen molar-refractivity contribution in [3.05, 3.63) is 55.4 Å². The van der Waals surface area contributed by atoms with Gasteiger partial charge < -0.3 is 15.2 Å². The van der Waals surface area contributed by atoms with Crippen molar-refractivity contribution in [1.82, 2.24) is 0 Å². The molecule has 0 fully saturated rings. The summed E-state index contributed by atoms with van der Waals surface area (Å²) in [4.78, 5) is 0. The Labute approximate surface area is 145 Å². The van der Waals surface area contributed by atoms with E-state index in [1.807, 2.05) is 24.3 Å². The molecule has 0 radical (unpaired) electrons. The second-order valence-corrected chi connectivity index (χ2v) is 6.59. The minimum absolute atomic E-state index is 0.364.